The maximum Gasteiger partial charge on any atom is 0.469 e. The van der Waals surface area contributed by atoms with Crippen molar-refractivity contribution in [3.05, 3.63) is 48.5 Å². The van der Waals surface area contributed by atoms with E-state index in [4.69, 9.17) is 28.5 Å². The van der Waals surface area contributed by atoms with E-state index >= 15 is 0 Å². The maximum absolute atomic E-state index is 12.0. The summed E-state index contributed by atoms with van der Waals surface area (Å²) in [7, 11) is -4.74. The molecule has 2 aromatic heterocycles. The zero-order chi connectivity index (χ0) is 24.6. The molecule has 5 rings (SSSR count). The fourth-order valence-electron chi connectivity index (χ4n) is 4.07. The van der Waals surface area contributed by atoms with E-state index < -0.39 is 51.3 Å². The number of amides is 2. The van der Waals surface area contributed by atoms with Gasteiger partial charge >= 0.3 is 13.9 Å². The van der Waals surface area contributed by atoms with Gasteiger partial charge < -0.3 is 29.3 Å². The van der Waals surface area contributed by atoms with E-state index in [9.17, 15) is 9.36 Å². The molecule has 14 nitrogen and oxygen atoms in total. The Morgan fingerprint density at radius 1 is 1.14 bits per heavy atom. The molecule has 0 bridgehead atoms. The zero-order valence-electron chi connectivity index (χ0n) is 18.4. The van der Waals surface area contributed by atoms with Gasteiger partial charge in [0.15, 0.2) is 29.5 Å². The van der Waals surface area contributed by atoms with Crippen molar-refractivity contribution < 1.29 is 37.9 Å². The highest BCUT2D eigenvalue weighted by atomic mass is 31.2. The number of phosphoric ester groups is 1. The molecule has 0 saturated carbocycles. The molecule has 2 unspecified atom stereocenters. The van der Waals surface area contributed by atoms with Crippen LogP contribution in [0.2, 0.25) is 0 Å². The Labute approximate surface area is 198 Å². The minimum absolute atomic E-state index is 0.210. The van der Waals surface area contributed by atoms with Gasteiger partial charge in [0.25, 0.3) is 0 Å². The number of anilines is 1. The Kier molecular flexibility index (Phi) is 6.51. The van der Waals surface area contributed by atoms with Crippen LogP contribution in [0, 0.1) is 0 Å². The number of urea groups is 1. The largest absolute Gasteiger partial charge is 0.469 e. The van der Waals surface area contributed by atoms with E-state index in [1.54, 1.807) is 11.5 Å². The van der Waals surface area contributed by atoms with Crippen LogP contribution in [0.5, 0.6) is 0 Å². The van der Waals surface area contributed by atoms with Crippen LogP contribution in [-0.4, -0.2) is 66.8 Å². The maximum atomic E-state index is 12.0. The zero-order valence-corrected chi connectivity index (χ0v) is 19.3. The topological polar surface area (TPSA) is 179 Å². The summed E-state index contributed by atoms with van der Waals surface area (Å²) in [5.74, 6) is 0.210. The predicted octanol–water partition coefficient (Wildman–Crippen LogP) is 1.46. The number of ether oxygens (including phenoxy) is 3. The lowest BCUT2D eigenvalue weighted by molar-refractivity contribution is -0.152. The fraction of sp³-hybridized carbons (Fsp3) is 0.400. The second-order valence-electron chi connectivity index (χ2n) is 7.83. The Morgan fingerprint density at radius 2 is 1.91 bits per heavy atom. The van der Waals surface area contributed by atoms with Gasteiger partial charge in [-0.05, 0) is 6.92 Å². The number of benzene rings is 1. The van der Waals surface area contributed by atoms with Crippen LogP contribution >= 0.6 is 7.82 Å². The number of carbonyl (C=O) groups is 1. The van der Waals surface area contributed by atoms with Crippen molar-refractivity contribution in [2.45, 2.75) is 37.8 Å². The van der Waals surface area contributed by atoms with Crippen LogP contribution in [-0.2, 0) is 23.3 Å². The van der Waals surface area contributed by atoms with Gasteiger partial charge in [-0.25, -0.2) is 24.3 Å². The Morgan fingerprint density at radius 3 is 2.66 bits per heavy atom. The van der Waals surface area contributed by atoms with E-state index in [2.05, 4.69) is 25.6 Å². The average molecular weight is 506 g/mol. The predicted molar refractivity (Wildman–Crippen MR) is 119 cm³/mol. The first kappa shape index (κ1) is 23.8. The number of hydrogen-bond donors (Lipinski definition) is 4. The Balaban J connectivity index is 1.45. The van der Waals surface area contributed by atoms with Gasteiger partial charge in [-0.2, -0.15) is 0 Å². The molecule has 2 aliphatic heterocycles. The minimum atomic E-state index is -4.74. The number of phosphoric acid groups is 1. The van der Waals surface area contributed by atoms with Crippen molar-refractivity contribution >= 4 is 30.8 Å². The number of fused-ring (bicyclic) bond motifs is 2. The van der Waals surface area contributed by atoms with Crippen molar-refractivity contribution in [2.75, 3.05) is 18.5 Å². The standard InChI is InChI=1S/C20H23N6O8P/c1-2-21-20(27)25-16-13-17(23-9-22-16)26(10-24-13)18-15-14(12(32-18)8-31-35(28,29)30)33-19(34-15)11-6-4-3-5-7-11/h3-7,9-10,12,14-15,18-19H,2,8H2,1H3,(H2,28,29,30)(H2,21,22,23,25,27)/t12-,14?,15?,18-,19+/m1/s1. The molecular formula is C20H23N6O8P. The first-order valence-corrected chi connectivity index (χ1v) is 12.3. The molecule has 4 heterocycles. The minimum Gasteiger partial charge on any atom is -0.347 e. The lowest BCUT2D eigenvalue weighted by Crippen LogP contribution is -2.31. The molecule has 35 heavy (non-hydrogen) atoms. The molecule has 4 N–H and O–H groups in total. The first-order valence-electron chi connectivity index (χ1n) is 10.8. The summed E-state index contributed by atoms with van der Waals surface area (Å²) in [6.45, 7) is 1.81. The molecule has 5 atom stereocenters. The summed E-state index contributed by atoms with van der Waals surface area (Å²) in [6, 6.07) is 8.83. The van der Waals surface area contributed by atoms with E-state index in [0.29, 0.717) is 17.7 Å². The lowest BCUT2D eigenvalue weighted by Gasteiger charge is -2.21. The fourth-order valence-corrected chi connectivity index (χ4v) is 4.41. The van der Waals surface area contributed by atoms with Crippen molar-refractivity contribution in [1.82, 2.24) is 24.8 Å². The third-order valence-corrected chi connectivity index (χ3v) is 6.01. The quantitative estimate of drug-likeness (QED) is 0.341. The molecule has 186 valence electrons. The highest BCUT2D eigenvalue weighted by Crippen LogP contribution is 2.46. The summed E-state index contributed by atoms with van der Waals surface area (Å²) in [5, 5.41) is 5.25. The van der Waals surface area contributed by atoms with Crippen LogP contribution in [0.4, 0.5) is 10.6 Å². The third kappa shape index (κ3) is 4.90. The van der Waals surface area contributed by atoms with Crippen LogP contribution in [0.1, 0.15) is 25.0 Å². The van der Waals surface area contributed by atoms with Crippen LogP contribution < -0.4 is 10.6 Å². The summed E-state index contributed by atoms with van der Waals surface area (Å²) >= 11 is 0. The number of hydrogen-bond acceptors (Lipinski definition) is 9. The molecule has 0 spiro atoms. The highest BCUT2D eigenvalue weighted by Gasteiger charge is 2.54. The van der Waals surface area contributed by atoms with E-state index in [-0.39, 0.29) is 5.82 Å². The highest BCUT2D eigenvalue weighted by molar-refractivity contribution is 7.46. The normalized spacial score (nSPS) is 26.1. The summed E-state index contributed by atoms with van der Waals surface area (Å²) in [4.78, 5) is 43.0. The summed E-state index contributed by atoms with van der Waals surface area (Å²) in [6.07, 6.45) is -0.983. The van der Waals surface area contributed by atoms with E-state index in [1.165, 1.54) is 12.7 Å². The van der Waals surface area contributed by atoms with E-state index in [0.717, 1.165) is 5.56 Å². The molecule has 1 aromatic carbocycles. The molecule has 2 saturated heterocycles. The molecule has 0 radical (unpaired) electrons. The van der Waals surface area contributed by atoms with Gasteiger partial charge in [0.2, 0.25) is 0 Å². The van der Waals surface area contributed by atoms with Gasteiger partial charge in [-0.3, -0.25) is 14.4 Å². The number of aromatic nitrogens is 4. The van der Waals surface area contributed by atoms with E-state index in [1.807, 2.05) is 30.3 Å². The number of carbonyl (C=O) groups excluding carboxylic acids is 1. The lowest BCUT2D eigenvalue weighted by atomic mass is 10.1. The van der Waals surface area contributed by atoms with Crippen molar-refractivity contribution in [2.24, 2.45) is 0 Å². The Hall–Kier alpha value is -2.97. The summed E-state index contributed by atoms with van der Waals surface area (Å²) < 4.78 is 35.9. The summed E-state index contributed by atoms with van der Waals surface area (Å²) in [5.41, 5.74) is 1.47. The van der Waals surface area contributed by atoms with Crippen LogP contribution in [0.3, 0.4) is 0 Å². The third-order valence-electron chi connectivity index (χ3n) is 5.53. The molecular weight excluding hydrogens is 483 g/mol. The van der Waals surface area contributed by atoms with Crippen molar-refractivity contribution in [3.63, 3.8) is 0 Å². The number of rotatable bonds is 7. The molecule has 2 amide bonds. The molecule has 15 heteroatoms. The van der Waals surface area contributed by atoms with Crippen molar-refractivity contribution in [3.8, 4) is 0 Å². The van der Waals surface area contributed by atoms with Gasteiger partial charge in [0, 0.05) is 12.1 Å². The van der Waals surface area contributed by atoms with Gasteiger partial charge in [-0.15, -0.1) is 0 Å². The van der Waals surface area contributed by atoms with Gasteiger partial charge in [-0.1, -0.05) is 30.3 Å². The SMILES string of the molecule is CCNC(=O)Nc1ncnc2c1ncn2[C@@H]1O[C@H](COP(=O)(O)O)C2O[C@H](c3ccccc3)OC21. The van der Waals surface area contributed by atoms with Crippen LogP contribution in [0.25, 0.3) is 11.2 Å². The van der Waals surface area contributed by atoms with Gasteiger partial charge in [0.05, 0.1) is 12.9 Å². The average Bonchev–Trinajstić information content (AvgIpc) is 3.52. The smallest absolute Gasteiger partial charge is 0.347 e. The molecule has 2 aliphatic rings. The van der Waals surface area contributed by atoms with Crippen LogP contribution in [0.15, 0.2) is 43.0 Å². The molecule has 0 aliphatic carbocycles. The molecule has 2 fully saturated rings. The number of nitrogens with zero attached hydrogens (tertiary/aromatic N) is 4. The number of imidazole rings is 1. The molecule has 3 aromatic rings. The van der Waals surface area contributed by atoms with Crippen molar-refractivity contribution in [1.29, 1.82) is 0 Å². The monoisotopic (exact) mass is 506 g/mol. The second kappa shape index (κ2) is 9.59. The van der Waals surface area contributed by atoms with Gasteiger partial charge in [0.1, 0.15) is 24.6 Å². The first-order chi connectivity index (χ1) is 16.8. The second-order valence-corrected chi connectivity index (χ2v) is 9.07. The number of nitrogens with one attached hydrogen (secondary N) is 2. The Bertz CT molecular complexity index is 1250.